The fraction of sp³-hybridized carbons (Fsp3) is 0.214. The molecule has 0 radical (unpaired) electrons. The summed E-state index contributed by atoms with van der Waals surface area (Å²) in [6.07, 6.45) is -3.23. The minimum absolute atomic E-state index is 0.637. The average Bonchev–Trinajstić information content (AvgIpc) is 2.52. The third kappa shape index (κ3) is 4.31. The second-order valence-corrected chi connectivity index (χ2v) is 4.34. The lowest BCUT2D eigenvalue weighted by molar-refractivity contribution is -0.137. The molecule has 0 saturated carbocycles. The van der Waals surface area contributed by atoms with E-state index in [0.29, 0.717) is 0 Å². The molecule has 0 aliphatic carbocycles. The van der Waals surface area contributed by atoms with Crippen LogP contribution in [0.3, 0.4) is 0 Å². The zero-order valence-electron chi connectivity index (χ0n) is 12.4. The number of halogens is 4. The van der Waals surface area contributed by atoms with Crippen LogP contribution in [0.4, 0.5) is 17.6 Å². The highest BCUT2D eigenvalue weighted by Gasteiger charge is 2.26. The molecule has 130 valence electrons. The number of Topliss-reactive ketones (excluding diaryl/α,β-unsaturated/α-hetero) is 1. The van der Waals surface area contributed by atoms with Crippen molar-refractivity contribution in [3.63, 3.8) is 0 Å². The number of allylic oxidation sites excluding steroid dienone is 1. The Morgan fingerprint density at radius 3 is 2.21 bits per heavy atom. The monoisotopic (exact) mass is 347 g/mol. The molecule has 1 rings (SSSR count). The molecule has 0 unspecified atom stereocenters. The van der Waals surface area contributed by atoms with Crippen molar-refractivity contribution in [1.82, 2.24) is 0 Å². The van der Waals surface area contributed by atoms with Crippen molar-refractivity contribution in [1.29, 1.82) is 0 Å². The van der Waals surface area contributed by atoms with Crippen LogP contribution in [0.5, 0.6) is 0 Å². The van der Waals surface area contributed by atoms with Crippen molar-refractivity contribution in [2.75, 3.05) is 13.7 Å². The summed E-state index contributed by atoms with van der Waals surface area (Å²) in [6.45, 7) is -1.10. The SMILES string of the molecule is CN=C(N)C(C(=O)OCC(=O)c1c(F)cccc1F)=C(N)C(F)F. The van der Waals surface area contributed by atoms with Crippen molar-refractivity contribution in [3.05, 3.63) is 46.7 Å². The lowest BCUT2D eigenvalue weighted by atomic mass is 10.1. The Balaban J connectivity index is 2.98. The summed E-state index contributed by atoms with van der Waals surface area (Å²) in [5, 5.41) is 0. The van der Waals surface area contributed by atoms with E-state index in [0.717, 1.165) is 25.2 Å². The molecule has 0 saturated heterocycles. The number of nitrogens with zero attached hydrogens (tertiary/aromatic N) is 1. The molecule has 0 heterocycles. The molecule has 24 heavy (non-hydrogen) atoms. The van der Waals surface area contributed by atoms with E-state index in [2.05, 4.69) is 9.73 Å². The maximum absolute atomic E-state index is 13.4. The van der Waals surface area contributed by atoms with Gasteiger partial charge in [-0.05, 0) is 12.1 Å². The first kappa shape index (κ1) is 19.1. The molecule has 0 bridgehead atoms. The topological polar surface area (TPSA) is 108 Å². The number of esters is 1. The van der Waals surface area contributed by atoms with Crippen LogP contribution in [0.1, 0.15) is 10.4 Å². The normalized spacial score (nSPS) is 12.8. The van der Waals surface area contributed by atoms with Gasteiger partial charge in [-0.3, -0.25) is 9.79 Å². The molecule has 0 spiro atoms. The van der Waals surface area contributed by atoms with Crippen LogP contribution in [0.25, 0.3) is 0 Å². The third-order valence-corrected chi connectivity index (χ3v) is 2.80. The molecule has 6 nitrogen and oxygen atoms in total. The fourth-order valence-electron chi connectivity index (χ4n) is 1.63. The average molecular weight is 347 g/mol. The quantitative estimate of drug-likeness (QED) is 0.200. The summed E-state index contributed by atoms with van der Waals surface area (Å²) in [5.41, 5.74) is 7.32. The van der Waals surface area contributed by atoms with Gasteiger partial charge in [-0.15, -0.1) is 0 Å². The van der Waals surface area contributed by atoms with Crippen molar-refractivity contribution in [2.45, 2.75) is 6.43 Å². The molecule has 0 aromatic heterocycles. The Labute approximate surface area is 133 Å². The smallest absolute Gasteiger partial charge is 0.344 e. The minimum Gasteiger partial charge on any atom is -0.454 e. The molecule has 0 atom stereocenters. The van der Waals surface area contributed by atoms with Crippen LogP contribution in [0, 0.1) is 11.6 Å². The van der Waals surface area contributed by atoms with Gasteiger partial charge in [0.05, 0.1) is 11.3 Å². The van der Waals surface area contributed by atoms with Crippen molar-refractivity contribution in [3.8, 4) is 0 Å². The van der Waals surface area contributed by atoms with Crippen LogP contribution in [0.2, 0.25) is 0 Å². The zero-order valence-corrected chi connectivity index (χ0v) is 12.4. The maximum atomic E-state index is 13.4. The van der Waals surface area contributed by atoms with Crippen molar-refractivity contribution < 1.29 is 31.9 Å². The van der Waals surface area contributed by atoms with E-state index in [9.17, 15) is 27.2 Å². The summed E-state index contributed by atoms with van der Waals surface area (Å²) < 4.78 is 56.6. The number of carbonyl (C=O) groups excluding carboxylic acids is 2. The van der Waals surface area contributed by atoms with Gasteiger partial charge in [-0.2, -0.15) is 0 Å². The van der Waals surface area contributed by atoms with Gasteiger partial charge in [0.1, 0.15) is 23.0 Å². The molecule has 1 aromatic carbocycles. The van der Waals surface area contributed by atoms with Crippen molar-refractivity contribution >= 4 is 17.6 Å². The number of alkyl halides is 2. The maximum Gasteiger partial charge on any atom is 0.344 e. The predicted molar refractivity (Wildman–Crippen MR) is 76.4 cm³/mol. The third-order valence-electron chi connectivity index (χ3n) is 2.80. The molecule has 4 N–H and O–H groups in total. The summed E-state index contributed by atoms with van der Waals surface area (Å²) in [7, 11) is 1.11. The number of carbonyl (C=O) groups is 2. The second kappa shape index (κ2) is 8.09. The van der Waals surface area contributed by atoms with Gasteiger partial charge < -0.3 is 16.2 Å². The summed E-state index contributed by atoms with van der Waals surface area (Å²) in [5.74, 6) is -5.63. The molecular weight excluding hydrogens is 334 g/mol. The minimum atomic E-state index is -3.23. The van der Waals surface area contributed by atoms with Gasteiger partial charge >= 0.3 is 5.97 Å². The number of ketones is 1. The highest BCUT2D eigenvalue weighted by Crippen LogP contribution is 2.14. The number of hydrogen-bond acceptors (Lipinski definition) is 5. The Kier molecular flexibility index (Phi) is 6.45. The van der Waals surface area contributed by atoms with Gasteiger partial charge in [-0.25, -0.2) is 22.4 Å². The van der Waals surface area contributed by atoms with Crippen LogP contribution in [0.15, 0.2) is 34.5 Å². The number of nitrogens with two attached hydrogens (primary N) is 2. The van der Waals surface area contributed by atoms with Crippen LogP contribution < -0.4 is 11.5 Å². The summed E-state index contributed by atoms with van der Waals surface area (Å²) in [6, 6.07) is 2.70. The van der Waals surface area contributed by atoms with E-state index < -0.39 is 59.1 Å². The largest absolute Gasteiger partial charge is 0.454 e. The molecule has 0 aliphatic rings. The summed E-state index contributed by atoms with van der Waals surface area (Å²) >= 11 is 0. The summed E-state index contributed by atoms with van der Waals surface area (Å²) in [4.78, 5) is 26.9. The highest BCUT2D eigenvalue weighted by molar-refractivity contribution is 6.19. The number of rotatable bonds is 6. The van der Waals surface area contributed by atoms with E-state index in [1.807, 2.05) is 0 Å². The molecule has 0 fully saturated rings. The lowest BCUT2D eigenvalue weighted by Crippen LogP contribution is -2.30. The van der Waals surface area contributed by atoms with Crippen molar-refractivity contribution in [2.24, 2.45) is 16.5 Å². The first-order valence-electron chi connectivity index (χ1n) is 6.35. The standard InChI is InChI=1S/C14H13F4N3O3/c1-21-13(20)10(11(19)12(17)18)14(23)24-5-8(22)9-6(15)3-2-4-7(9)16/h2-4,12H,5,19H2,1H3,(H2,20,21). The molecule has 0 aliphatic heterocycles. The number of aliphatic imine (C=N–C) groups is 1. The van der Waals surface area contributed by atoms with Gasteiger partial charge in [-0.1, -0.05) is 6.07 Å². The number of benzene rings is 1. The van der Waals surface area contributed by atoms with Crippen LogP contribution >= 0.6 is 0 Å². The molecule has 1 aromatic rings. The molecular formula is C14H13F4N3O3. The van der Waals surface area contributed by atoms with E-state index in [1.54, 1.807) is 0 Å². The molecule has 0 amide bonds. The Hall–Kier alpha value is -2.91. The van der Waals surface area contributed by atoms with Gasteiger partial charge in [0.2, 0.25) is 5.78 Å². The number of ether oxygens (including phenoxy) is 1. The van der Waals surface area contributed by atoms with Gasteiger partial charge in [0, 0.05) is 7.05 Å². The first-order chi connectivity index (χ1) is 11.2. The number of hydrogen-bond donors (Lipinski definition) is 2. The van der Waals surface area contributed by atoms with Gasteiger partial charge in [0.15, 0.2) is 6.61 Å². The first-order valence-corrected chi connectivity index (χ1v) is 6.35. The van der Waals surface area contributed by atoms with Crippen LogP contribution in [-0.2, 0) is 9.53 Å². The second-order valence-electron chi connectivity index (χ2n) is 4.34. The Morgan fingerprint density at radius 1 is 1.21 bits per heavy atom. The Morgan fingerprint density at radius 2 is 1.75 bits per heavy atom. The Bertz CT molecular complexity index is 697. The van der Waals surface area contributed by atoms with E-state index >= 15 is 0 Å². The van der Waals surface area contributed by atoms with Crippen LogP contribution in [-0.4, -0.2) is 37.7 Å². The fourth-order valence-corrected chi connectivity index (χ4v) is 1.63. The zero-order chi connectivity index (χ0) is 18.4. The predicted octanol–water partition coefficient (Wildman–Crippen LogP) is 1.16. The van der Waals surface area contributed by atoms with E-state index in [4.69, 9.17) is 11.5 Å². The van der Waals surface area contributed by atoms with E-state index in [1.165, 1.54) is 0 Å². The number of amidine groups is 1. The van der Waals surface area contributed by atoms with Gasteiger partial charge in [0.25, 0.3) is 6.43 Å². The lowest BCUT2D eigenvalue weighted by Gasteiger charge is -2.11. The van der Waals surface area contributed by atoms with E-state index in [-0.39, 0.29) is 0 Å². The molecule has 10 heteroatoms. The highest BCUT2D eigenvalue weighted by atomic mass is 19.3.